The van der Waals surface area contributed by atoms with Crippen molar-refractivity contribution >= 4 is 13.7 Å². The highest BCUT2D eigenvalue weighted by molar-refractivity contribution is 7.45. The molecule has 78 heavy (non-hydrogen) atoms. The predicted octanol–water partition coefficient (Wildman–Crippen LogP) is 20.4. The fraction of sp³-hybridized carbons (Fsp3) is 0.812. The van der Waals surface area contributed by atoms with Crippen LogP contribution in [0.1, 0.15) is 309 Å². The standard InChI is InChI=1S/C69H129N2O6P/c1-6-8-10-12-14-16-18-20-22-24-26-28-30-31-32-33-34-35-36-37-38-39-41-42-44-46-48-50-52-54-56-58-60-62-68(72)67(66-77-78(74,75)76-65-64-71(3,4)5)70-69(73)63-61-59-57-55-53-51-49-47-45-43-40-29-27-25-23-21-19-17-15-13-11-9-7-2/h9,11,15,17,21,23,27,29,43,45,49,51,67-68,72H,6-8,10,12-14,16,18-20,22,24-26,28,30-42,44,46-48,50,52-66H2,1-5H3,(H-,70,73,74,75)/b11-9-,17-15-,23-21-,29-27-,45-43-,51-49-. The van der Waals surface area contributed by atoms with Crippen LogP contribution in [0.4, 0.5) is 0 Å². The van der Waals surface area contributed by atoms with Gasteiger partial charge in [0.05, 0.1) is 39.9 Å². The number of hydrogen-bond donors (Lipinski definition) is 2. The molecule has 456 valence electrons. The number of likely N-dealkylation sites (N-methyl/N-ethyl adjacent to an activating group) is 1. The van der Waals surface area contributed by atoms with E-state index in [2.05, 4.69) is 92.1 Å². The van der Waals surface area contributed by atoms with Gasteiger partial charge in [-0.1, -0.05) is 311 Å². The smallest absolute Gasteiger partial charge is 0.268 e. The van der Waals surface area contributed by atoms with Crippen molar-refractivity contribution in [1.29, 1.82) is 0 Å². The second kappa shape index (κ2) is 59.6. The largest absolute Gasteiger partial charge is 0.756 e. The molecule has 0 rings (SSSR count). The van der Waals surface area contributed by atoms with E-state index in [9.17, 15) is 19.4 Å². The molecular weight excluding hydrogens is 984 g/mol. The lowest BCUT2D eigenvalue weighted by Gasteiger charge is -2.30. The van der Waals surface area contributed by atoms with Gasteiger partial charge in [-0.05, 0) is 64.2 Å². The molecule has 0 aromatic heterocycles. The van der Waals surface area contributed by atoms with Crippen molar-refractivity contribution in [2.75, 3.05) is 40.9 Å². The van der Waals surface area contributed by atoms with Gasteiger partial charge in [0.15, 0.2) is 0 Å². The molecule has 0 saturated heterocycles. The first-order valence-electron chi connectivity index (χ1n) is 33.3. The molecule has 0 aliphatic rings. The molecule has 0 aliphatic heterocycles. The number of hydrogen-bond acceptors (Lipinski definition) is 6. The van der Waals surface area contributed by atoms with Crippen molar-refractivity contribution in [2.24, 2.45) is 0 Å². The van der Waals surface area contributed by atoms with Crippen molar-refractivity contribution in [2.45, 2.75) is 321 Å². The number of aliphatic hydroxyl groups excluding tert-OH is 1. The average Bonchev–Trinajstić information content (AvgIpc) is 3.41. The number of carbonyl (C=O) groups excluding carboxylic acids is 1. The highest BCUT2D eigenvalue weighted by Crippen LogP contribution is 2.38. The normalized spacial score (nSPS) is 14.2. The molecular formula is C69H129N2O6P. The van der Waals surface area contributed by atoms with Gasteiger partial charge < -0.3 is 28.8 Å². The van der Waals surface area contributed by atoms with Crippen LogP contribution in [0.25, 0.3) is 0 Å². The first-order valence-corrected chi connectivity index (χ1v) is 34.7. The number of quaternary nitrogens is 1. The minimum atomic E-state index is -4.59. The molecule has 0 spiro atoms. The number of carbonyl (C=O) groups is 1. The Labute approximate surface area is 484 Å². The Kier molecular flexibility index (Phi) is 58.0. The maximum absolute atomic E-state index is 13.0. The number of allylic oxidation sites excluding steroid dienone is 12. The van der Waals surface area contributed by atoms with Crippen LogP contribution < -0.4 is 10.2 Å². The number of phosphoric ester groups is 1. The molecule has 0 saturated carbocycles. The quantitative estimate of drug-likeness (QED) is 0.0272. The number of rotatable bonds is 61. The first-order chi connectivity index (χ1) is 38.0. The van der Waals surface area contributed by atoms with Crippen LogP contribution in [0.5, 0.6) is 0 Å². The van der Waals surface area contributed by atoms with Gasteiger partial charge in [-0.15, -0.1) is 0 Å². The Bertz CT molecular complexity index is 1500. The van der Waals surface area contributed by atoms with Crippen molar-refractivity contribution in [1.82, 2.24) is 5.32 Å². The van der Waals surface area contributed by atoms with Gasteiger partial charge in [0.25, 0.3) is 7.82 Å². The third-order valence-electron chi connectivity index (χ3n) is 15.0. The molecule has 0 bridgehead atoms. The fourth-order valence-electron chi connectivity index (χ4n) is 9.81. The van der Waals surface area contributed by atoms with E-state index in [1.807, 2.05) is 21.1 Å². The predicted molar refractivity (Wildman–Crippen MR) is 339 cm³/mol. The molecule has 0 heterocycles. The Morgan fingerprint density at radius 2 is 0.782 bits per heavy atom. The maximum Gasteiger partial charge on any atom is 0.268 e. The summed E-state index contributed by atoms with van der Waals surface area (Å²) in [4.78, 5) is 25.6. The monoisotopic (exact) mass is 1110 g/mol. The van der Waals surface area contributed by atoms with Crippen molar-refractivity contribution in [3.05, 3.63) is 72.9 Å². The molecule has 0 fully saturated rings. The topological polar surface area (TPSA) is 108 Å². The van der Waals surface area contributed by atoms with Gasteiger partial charge in [0, 0.05) is 6.42 Å². The summed E-state index contributed by atoms with van der Waals surface area (Å²) in [5.41, 5.74) is 0. The van der Waals surface area contributed by atoms with E-state index in [-0.39, 0.29) is 19.1 Å². The molecule has 0 radical (unpaired) electrons. The van der Waals surface area contributed by atoms with E-state index >= 15 is 0 Å². The second-order valence-electron chi connectivity index (χ2n) is 23.8. The Balaban J connectivity index is 4.08. The summed E-state index contributed by atoms with van der Waals surface area (Å²) in [6.45, 7) is 4.62. The highest BCUT2D eigenvalue weighted by Gasteiger charge is 2.24. The molecule has 8 nitrogen and oxygen atoms in total. The molecule has 1 amide bonds. The summed E-state index contributed by atoms with van der Waals surface area (Å²) in [7, 11) is 1.28. The summed E-state index contributed by atoms with van der Waals surface area (Å²) in [6, 6.07) is -0.821. The van der Waals surface area contributed by atoms with E-state index < -0.39 is 20.0 Å². The summed E-state index contributed by atoms with van der Waals surface area (Å²) in [6.07, 6.45) is 82.6. The maximum atomic E-state index is 13.0. The lowest BCUT2D eigenvalue weighted by Crippen LogP contribution is -2.46. The fourth-order valence-corrected chi connectivity index (χ4v) is 10.5. The van der Waals surface area contributed by atoms with Crippen LogP contribution in [0.3, 0.4) is 0 Å². The zero-order valence-electron chi connectivity index (χ0n) is 52.1. The number of unbranched alkanes of at least 4 members (excludes halogenated alkanes) is 36. The Morgan fingerprint density at radius 3 is 1.14 bits per heavy atom. The van der Waals surface area contributed by atoms with E-state index in [4.69, 9.17) is 9.05 Å². The van der Waals surface area contributed by atoms with E-state index in [0.717, 1.165) is 89.9 Å². The highest BCUT2D eigenvalue weighted by atomic mass is 31.2. The number of aliphatic hydroxyl groups is 1. The molecule has 0 aromatic carbocycles. The second-order valence-corrected chi connectivity index (χ2v) is 25.2. The van der Waals surface area contributed by atoms with E-state index in [1.165, 1.54) is 193 Å². The minimum Gasteiger partial charge on any atom is -0.756 e. The van der Waals surface area contributed by atoms with Gasteiger partial charge in [-0.2, -0.15) is 0 Å². The van der Waals surface area contributed by atoms with E-state index in [1.54, 1.807) is 0 Å². The summed E-state index contributed by atoms with van der Waals surface area (Å²) >= 11 is 0. The van der Waals surface area contributed by atoms with Crippen LogP contribution in [0.2, 0.25) is 0 Å². The van der Waals surface area contributed by atoms with Crippen LogP contribution in [0.15, 0.2) is 72.9 Å². The van der Waals surface area contributed by atoms with Gasteiger partial charge in [-0.3, -0.25) is 9.36 Å². The van der Waals surface area contributed by atoms with Crippen LogP contribution in [-0.2, 0) is 18.4 Å². The van der Waals surface area contributed by atoms with Crippen molar-refractivity contribution in [3.63, 3.8) is 0 Å². The third-order valence-corrected chi connectivity index (χ3v) is 15.9. The lowest BCUT2D eigenvalue weighted by molar-refractivity contribution is -0.870. The minimum absolute atomic E-state index is 0.00363. The van der Waals surface area contributed by atoms with Gasteiger partial charge in [0.2, 0.25) is 5.91 Å². The molecule has 0 aliphatic carbocycles. The Morgan fingerprint density at radius 1 is 0.462 bits per heavy atom. The number of nitrogens with zero attached hydrogens (tertiary/aromatic N) is 1. The molecule has 0 aromatic rings. The first kappa shape index (κ1) is 75.9. The summed E-state index contributed by atoms with van der Waals surface area (Å²) in [5, 5.41) is 14.1. The SMILES string of the molecule is CC/C=C\C/C=C\C/C=C\C/C=C\C/C=C\C/C=C\CCCCCCC(=O)NC(COP(=O)([O-])OCC[N+](C)(C)C)C(O)CCCCCCCCCCCCCCCCCCCCCCCCCCCCCCCCCCC. The zero-order valence-corrected chi connectivity index (χ0v) is 53.0. The van der Waals surface area contributed by atoms with Gasteiger partial charge >= 0.3 is 0 Å². The molecule has 3 unspecified atom stereocenters. The van der Waals surface area contributed by atoms with Crippen LogP contribution in [0, 0.1) is 0 Å². The number of amides is 1. The molecule has 2 N–H and O–H groups in total. The Hall–Kier alpha value is -2.06. The summed E-state index contributed by atoms with van der Waals surface area (Å²) < 4.78 is 23.5. The summed E-state index contributed by atoms with van der Waals surface area (Å²) in [5.74, 6) is -0.188. The third kappa shape index (κ3) is 61.6. The van der Waals surface area contributed by atoms with Gasteiger partial charge in [0.1, 0.15) is 13.2 Å². The average molecular weight is 1110 g/mol. The number of phosphoric acid groups is 1. The van der Waals surface area contributed by atoms with Gasteiger partial charge in [-0.25, -0.2) is 0 Å². The van der Waals surface area contributed by atoms with Crippen LogP contribution in [-0.4, -0.2) is 68.5 Å². The lowest BCUT2D eigenvalue weighted by atomic mass is 10.0. The zero-order chi connectivity index (χ0) is 57.0. The number of nitrogens with one attached hydrogen (secondary N) is 1. The van der Waals surface area contributed by atoms with Crippen molar-refractivity contribution in [3.8, 4) is 0 Å². The molecule has 9 heteroatoms. The van der Waals surface area contributed by atoms with Crippen LogP contribution >= 0.6 is 7.82 Å². The van der Waals surface area contributed by atoms with E-state index in [0.29, 0.717) is 23.9 Å². The molecule has 3 atom stereocenters. The van der Waals surface area contributed by atoms with Crippen molar-refractivity contribution < 1.29 is 32.9 Å².